The summed E-state index contributed by atoms with van der Waals surface area (Å²) in [6.07, 6.45) is 5.39. The lowest BCUT2D eigenvalue weighted by molar-refractivity contribution is 0.578. The van der Waals surface area contributed by atoms with Crippen molar-refractivity contribution >= 4 is 50.6 Å². The van der Waals surface area contributed by atoms with E-state index in [9.17, 15) is 0 Å². The molecule has 1 aliphatic rings. The lowest BCUT2D eigenvalue weighted by Gasteiger charge is -2.29. The molecule has 0 bridgehead atoms. The van der Waals surface area contributed by atoms with E-state index < -0.39 is 0 Å². The number of imidazole rings is 1. The number of hydrogen-bond acceptors (Lipinski definition) is 4. The molecule has 2 aromatic heterocycles. The molecule has 0 saturated carbocycles. The zero-order chi connectivity index (χ0) is 19.1. The van der Waals surface area contributed by atoms with Crippen LogP contribution in [0.15, 0.2) is 42.7 Å². The topological polar surface area (TPSA) is 56.8 Å². The van der Waals surface area contributed by atoms with Gasteiger partial charge >= 0.3 is 0 Å². The molecule has 0 spiro atoms. The van der Waals surface area contributed by atoms with E-state index in [-0.39, 0.29) is 0 Å². The van der Waals surface area contributed by atoms with Crippen LogP contribution in [0.2, 0.25) is 5.02 Å². The number of benzene rings is 2. The Labute approximate surface area is 168 Å². The molecule has 1 fully saturated rings. The molecule has 5 rings (SSSR count). The number of fused-ring (bicyclic) bond motifs is 3. The molecule has 28 heavy (non-hydrogen) atoms. The van der Waals surface area contributed by atoms with E-state index in [4.69, 9.17) is 11.6 Å². The van der Waals surface area contributed by atoms with E-state index in [0.717, 1.165) is 62.8 Å². The number of piperidine rings is 1. The number of hydrogen-bond donors (Lipinski definition) is 2. The van der Waals surface area contributed by atoms with Gasteiger partial charge < -0.3 is 15.2 Å². The van der Waals surface area contributed by atoms with E-state index in [2.05, 4.69) is 56.4 Å². The minimum atomic E-state index is 0.786. The molecule has 1 aliphatic heterocycles. The predicted molar refractivity (Wildman–Crippen MR) is 117 cm³/mol. The SMILES string of the molecule is Cc1cc(Nc2ccc(N3CCCCC3)c(Cl)c2)c2c(ccc3ncnc32)[nH]1. The first-order valence-electron chi connectivity index (χ1n) is 9.73. The number of anilines is 3. The number of rotatable bonds is 3. The number of H-pyrrole nitrogens is 1. The molecule has 4 aromatic rings. The van der Waals surface area contributed by atoms with E-state index in [1.807, 2.05) is 12.1 Å². The van der Waals surface area contributed by atoms with Crippen LogP contribution in [0.5, 0.6) is 0 Å². The van der Waals surface area contributed by atoms with Crippen LogP contribution in [0.25, 0.3) is 21.9 Å². The van der Waals surface area contributed by atoms with Gasteiger partial charge in [-0.1, -0.05) is 11.6 Å². The normalized spacial score (nSPS) is 14.7. The highest BCUT2D eigenvalue weighted by molar-refractivity contribution is 6.33. The number of nitrogens with zero attached hydrogens (tertiary/aromatic N) is 3. The van der Waals surface area contributed by atoms with Crippen molar-refractivity contribution in [2.24, 2.45) is 0 Å². The fourth-order valence-electron chi connectivity index (χ4n) is 4.11. The quantitative estimate of drug-likeness (QED) is 0.463. The van der Waals surface area contributed by atoms with Crippen LogP contribution in [0.1, 0.15) is 25.0 Å². The van der Waals surface area contributed by atoms with Gasteiger partial charge in [0.25, 0.3) is 0 Å². The number of halogens is 1. The number of aromatic amines is 1. The maximum atomic E-state index is 6.65. The van der Waals surface area contributed by atoms with Crippen molar-refractivity contribution in [3.63, 3.8) is 0 Å². The molecule has 0 radical (unpaired) electrons. The number of nitrogens with one attached hydrogen (secondary N) is 2. The second kappa shape index (κ2) is 6.99. The van der Waals surface area contributed by atoms with Crippen LogP contribution in [0, 0.1) is 6.92 Å². The summed E-state index contributed by atoms with van der Waals surface area (Å²) < 4.78 is 0. The number of aromatic nitrogens is 3. The third-order valence-electron chi connectivity index (χ3n) is 5.43. The third-order valence-corrected chi connectivity index (χ3v) is 5.73. The molecule has 2 N–H and O–H groups in total. The van der Waals surface area contributed by atoms with Gasteiger partial charge in [-0.2, -0.15) is 0 Å². The molecule has 0 aliphatic carbocycles. The molecule has 0 atom stereocenters. The van der Waals surface area contributed by atoms with Crippen LogP contribution in [-0.4, -0.2) is 28.0 Å². The van der Waals surface area contributed by atoms with Gasteiger partial charge in [0.2, 0.25) is 0 Å². The van der Waals surface area contributed by atoms with Gasteiger partial charge in [-0.25, -0.2) is 9.97 Å². The molecule has 0 unspecified atom stereocenters. The molecular formula is C22H22ClN5. The summed E-state index contributed by atoms with van der Waals surface area (Å²) in [5.74, 6) is 0. The van der Waals surface area contributed by atoms with Gasteiger partial charge in [0.1, 0.15) is 11.8 Å². The van der Waals surface area contributed by atoms with Crippen molar-refractivity contribution in [3.05, 3.63) is 53.4 Å². The monoisotopic (exact) mass is 391 g/mol. The highest BCUT2D eigenvalue weighted by atomic mass is 35.5. The average Bonchev–Trinajstić information content (AvgIpc) is 3.17. The summed E-state index contributed by atoms with van der Waals surface area (Å²) in [6.45, 7) is 4.22. The zero-order valence-electron chi connectivity index (χ0n) is 15.8. The summed E-state index contributed by atoms with van der Waals surface area (Å²) in [5.41, 5.74) is 6.99. The second-order valence-corrected chi connectivity index (χ2v) is 7.84. The van der Waals surface area contributed by atoms with Crippen molar-refractivity contribution in [1.29, 1.82) is 0 Å². The molecule has 5 nitrogen and oxygen atoms in total. The van der Waals surface area contributed by atoms with Gasteiger partial charge in [0.05, 0.1) is 21.9 Å². The van der Waals surface area contributed by atoms with Crippen molar-refractivity contribution in [2.45, 2.75) is 26.2 Å². The Morgan fingerprint density at radius 2 is 1.89 bits per heavy atom. The molecule has 2 aromatic carbocycles. The molecule has 1 saturated heterocycles. The second-order valence-electron chi connectivity index (χ2n) is 7.43. The lowest BCUT2D eigenvalue weighted by Crippen LogP contribution is -2.29. The predicted octanol–water partition coefficient (Wildman–Crippen LogP) is 5.81. The van der Waals surface area contributed by atoms with Gasteiger partial charge in [-0.05, 0) is 62.6 Å². The Hall–Kier alpha value is -2.79. The number of aryl methyl sites for hydroxylation is 1. The molecular weight excluding hydrogens is 370 g/mol. The Morgan fingerprint density at radius 1 is 1.04 bits per heavy atom. The van der Waals surface area contributed by atoms with Gasteiger partial charge in [-0.15, -0.1) is 0 Å². The standard InChI is InChI=1S/C22H22ClN5/c1-14-11-19(21-17(26-14)6-7-18-22(21)25-13-24-18)27-15-5-8-20(16(23)12-15)28-9-3-2-4-10-28/h5-8,11-13,26-27H,2-4,9-10H2,1H3. The van der Waals surface area contributed by atoms with Gasteiger partial charge in [0.15, 0.2) is 0 Å². The summed E-state index contributed by atoms with van der Waals surface area (Å²) in [4.78, 5) is 14.6. The third kappa shape index (κ3) is 3.06. The highest BCUT2D eigenvalue weighted by Gasteiger charge is 2.15. The largest absolute Gasteiger partial charge is 0.370 e. The fraction of sp³-hybridized carbons (Fsp3) is 0.273. The van der Waals surface area contributed by atoms with Crippen LogP contribution in [0.4, 0.5) is 17.1 Å². The maximum absolute atomic E-state index is 6.65. The van der Waals surface area contributed by atoms with Gasteiger partial charge in [-0.3, -0.25) is 0 Å². The Kier molecular flexibility index (Phi) is 4.32. The summed E-state index contributed by atoms with van der Waals surface area (Å²) in [5, 5.41) is 5.37. The molecule has 142 valence electrons. The molecule has 3 heterocycles. The smallest absolute Gasteiger partial charge is 0.116 e. The van der Waals surface area contributed by atoms with Crippen LogP contribution >= 0.6 is 11.6 Å². The van der Waals surface area contributed by atoms with Crippen molar-refractivity contribution in [3.8, 4) is 0 Å². The maximum Gasteiger partial charge on any atom is 0.116 e. The Balaban J connectivity index is 1.54. The van der Waals surface area contributed by atoms with Crippen LogP contribution in [-0.2, 0) is 0 Å². The summed E-state index contributed by atoms with van der Waals surface area (Å²) >= 11 is 6.65. The van der Waals surface area contributed by atoms with Crippen molar-refractivity contribution < 1.29 is 0 Å². The van der Waals surface area contributed by atoms with E-state index >= 15 is 0 Å². The first-order valence-corrected chi connectivity index (χ1v) is 10.1. The number of pyridine rings is 1. The van der Waals surface area contributed by atoms with Crippen LogP contribution in [0.3, 0.4) is 0 Å². The van der Waals surface area contributed by atoms with E-state index in [1.165, 1.54) is 19.3 Å². The Bertz CT molecular complexity index is 1160. The van der Waals surface area contributed by atoms with E-state index in [0.29, 0.717) is 0 Å². The van der Waals surface area contributed by atoms with E-state index in [1.54, 1.807) is 6.33 Å². The average molecular weight is 392 g/mol. The highest BCUT2D eigenvalue weighted by Crippen LogP contribution is 2.35. The summed E-state index contributed by atoms with van der Waals surface area (Å²) in [7, 11) is 0. The fourth-order valence-corrected chi connectivity index (χ4v) is 4.41. The first kappa shape index (κ1) is 17.3. The molecule has 6 heteroatoms. The zero-order valence-corrected chi connectivity index (χ0v) is 16.6. The lowest BCUT2D eigenvalue weighted by atomic mass is 10.1. The van der Waals surface area contributed by atoms with Crippen molar-refractivity contribution in [2.75, 3.05) is 23.3 Å². The van der Waals surface area contributed by atoms with Crippen molar-refractivity contribution in [1.82, 2.24) is 15.0 Å². The minimum absolute atomic E-state index is 0.786. The minimum Gasteiger partial charge on any atom is -0.370 e. The summed E-state index contributed by atoms with van der Waals surface area (Å²) in [6, 6.07) is 12.4. The first-order chi connectivity index (χ1) is 13.7. The van der Waals surface area contributed by atoms with Crippen LogP contribution < -0.4 is 10.2 Å². The Morgan fingerprint density at radius 3 is 2.71 bits per heavy atom. The van der Waals surface area contributed by atoms with Gasteiger partial charge in [0, 0.05) is 35.4 Å². The molecule has 0 amide bonds.